The van der Waals surface area contributed by atoms with E-state index in [1.54, 1.807) is 6.08 Å². The molecule has 6 nitrogen and oxygen atoms in total. The number of fused-ring (bicyclic) bond motifs is 1. The molecule has 1 aliphatic heterocycles. The number of hydrogen-bond donors (Lipinski definition) is 2. The molecule has 0 fully saturated rings. The smallest absolute Gasteiger partial charge is 0.315 e. The number of rotatable bonds is 5. The van der Waals surface area contributed by atoms with Gasteiger partial charge in [-0.05, 0) is 12.3 Å². The molecule has 0 radical (unpaired) electrons. The van der Waals surface area contributed by atoms with Crippen molar-refractivity contribution in [2.75, 3.05) is 6.54 Å². The van der Waals surface area contributed by atoms with E-state index in [2.05, 4.69) is 45.8 Å². The van der Waals surface area contributed by atoms with Gasteiger partial charge in [-0.15, -0.1) is 16.8 Å². The number of amides is 2. The van der Waals surface area contributed by atoms with Gasteiger partial charge in [-0.1, -0.05) is 19.9 Å². The summed E-state index contributed by atoms with van der Waals surface area (Å²) >= 11 is 0. The molecule has 0 saturated carbocycles. The Balaban J connectivity index is 2.11. The molecule has 0 bridgehead atoms. The molecule has 0 saturated heterocycles. The summed E-state index contributed by atoms with van der Waals surface area (Å²) < 4.78 is 2.12. The molecule has 2 N–H and O–H groups in total. The molecular formula is C13H21N5O. The van der Waals surface area contributed by atoms with E-state index < -0.39 is 0 Å². The highest BCUT2D eigenvalue weighted by molar-refractivity contribution is 5.74. The average molecular weight is 263 g/mol. The Labute approximate surface area is 113 Å². The monoisotopic (exact) mass is 263 g/mol. The van der Waals surface area contributed by atoms with Gasteiger partial charge >= 0.3 is 6.03 Å². The summed E-state index contributed by atoms with van der Waals surface area (Å²) in [7, 11) is 0. The van der Waals surface area contributed by atoms with Gasteiger partial charge in [0.05, 0.1) is 6.04 Å². The standard InChI is InChI=1S/C13H21N5O/c1-4-7-14-13(19)15-11(9(2)3)12-17-16-10-6-5-8-18(10)12/h4,9,11H,1,5-8H2,2-3H3,(H2,14,15,19). The number of carbonyl (C=O) groups is 1. The number of nitrogens with one attached hydrogen (secondary N) is 2. The van der Waals surface area contributed by atoms with Crippen LogP contribution in [0.15, 0.2) is 12.7 Å². The summed E-state index contributed by atoms with van der Waals surface area (Å²) in [6.45, 7) is 9.10. The van der Waals surface area contributed by atoms with E-state index in [4.69, 9.17) is 0 Å². The van der Waals surface area contributed by atoms with Crippen molar-refractivity contribution in [3.63, 3.8) is 0 Å². The van der Waals surface area contributed by atoms with E-state index in [0.717, 1.165) is 31.0 Å². The number of nitrogens with zero attached hydrogens (tertiary/aromatic N) is 3. The molecule has 2 rings (SSSR count). The van der Waals surface area contributed by atoms with Crippen LogP contribution in [0, 0.1) is 5.92 Å². The van der Waals surface area contributed by atoms with Crippen molar-refractivity contribution in [2.45, 2.75) is 39.3 Å². The molecule has 0 spiro atoms. The van der Waals surface area contributed by atoms with Gasteiger partial charge in [0.2, 0.25) is 0 Å². The van der Waals surface area contributed by atoms with Crippen LogP contribution in [0.1, 0.15) is 38.0 Å². The number of hydrogen-bond acceptors (Lipinski definition) is 3. The van der Waals surface area contributed by atoms with Gasteiger partial charge in [0, 0.05) is 19.5 Å². The molecule has 1 aromatic heterocycles. The first-order chi connectivity index (χ1) is 9.13. The molecule has 104 valence electrons. The fourth-order valence-electron chi connectivity index (χ4n) is 2.29. The molecule has 1 aromatic rings. The zero-order valence-electron chi connectivity index (χ0n) is 11.5. The molecule has 0 aromatic carbocycles. The molecule has 6 heteroatoms. The van der Waals surface area contributed by atoms with E-state index >= 15 is 0 Å². The van der Waals surface area contributed by atoms with Crippen molar-refractivity contribution in [3.05, 3.63) is 24.3 Å². The molecular weight excluding hydrogens is 242 g/mol. The fraction of sp³-hybridized carbons (Fsp3) is 0.615. The lowest BCUT2D eigenvalue weighted by molar-refractivity contribution is 0.232. The quantitative estimate of drug-likeness (QED) is 0.789. The van der Waals surface area contributed by atoms with Gasteiger partial charge in [-0.25, -0.2) is 4.79 Å². The minimum Gasteiger partial charge on any atom is -0.335 e. The minimum atomic E-state index is -0.200. The lowest BCUT2D eigenvalue weighted by Crippen LogP contribution is -2.40. The van der Waals surface area contributed by atoms with E-state index in [1.807, 2.05) is 0 Å². The van der Waals surface area contributed by atoms with E-state index in [0.29, 0.717) is 6.54 Å². The van der Waals surface area contributed by atoms with Crippen LogP contribution in [0.3, 0.4) is 0 Å². The van der Waals surface area contributed by atoms with Crippen LogP contribution in [0.4, 0.5) is 4.79 Å². The average Bonchev–Trinajstić information content (AvgIpc) is 2.96. The minimum absolute atomic E-state index is 0.121. The molecule has 0 aliphatic carbocycles. The summed E-state index contributed by atoms with van der Waals surface area (Å²) in [5, 5.41) is 14.1. The van der Waals surface area contributed by atoms with Gasteiger partial charge in [0.15, 0.2) is 5.82 Å². The van der Waals surface area contributed by atoms with Gasteiger partial charge in [0.25, 0.3) is 0 Å². The second-order valence-corrected chi connectivity index (χ2v) is 5.09. The second kappa shape index (κ2) is 5.86. The zero-order chi connectivity index (χ0) is 13.8. The highest BCUT2D eigenvalue weighted by atomic mass is 16.2. The summed E-state index contributed by atoms with van der Waals surface area (Å²) in [5.74, 6) is 2.13. The van der Waals surface area contributed by atoms with Crippen molar-refractivity contribution in [3.8, 4) is 0 Å². The third-order valence-corrected chi connectivity index (χ3v) is 3.28. The van der Waals surface area contributed by atoms with Crippen molar-refractivity contribution in [1.29, 1.82) is 0 Å². The Kier molecular flexibility index (Phi) is 4.19. The third-order valence-electron chi connectivity index (χ3n) is 3.28. The molecule has 2 heterocycles. The number of urea groups is 1. The maximum absolute atomic E-state index is 11.8. The summed E-state index contributed by atoms with van der Waals surface area (Å²) in [6.07, 6.45) is 3.73. The van der Waals surface area contributed by atoms with Crippen LogP contribution >= 0.6 is 0 Å². The van der Waals surface area contributed by atoms with Crippen LogP contribution in [-0.2, 0) is 13.0 Å². The Bertz CT molecular complexity index is 466. The lowest BCUT2D eigenvalue weighted by Gasteiger charge is -2.22. The first kappa shape index (κ1) is 13.6. The Hall–Kier alpha value is -1.85. The normalized spacial score (nSPS) is 15.1. The highest BCUT2D eigenvalue weighted by Crippen LogP contribution is 2.24. The van der Waals surface area contributed by atoms with Gasteiger partial charge < -0.3 is 15.2 Å². The summed E-state index contributed by atoms with van der Waals surface area (Å²) in [4.78, 5) is 11.8. The van der Waals surface area contributed by atoms with E-state index in [-0.39, 0.29) is 18.0 Å². The fourth-order valence-corrected chi connectivity index (χ4v) is 2.29. The molecule has 2 amide bonds. The highest BCUT2D eigenvalue weighted by Gasteiger charge is 2.27. The topological polar surface area (TPSA) is 71.8 Å². The molecule has 1 unspecified atom stereocenters. The van der Waals surface area contributed by atoms with Gasteiger partial charge in [-0.2, -0.15) is 0 Å². The molecule has 1 atom stereocenters. The number of carbonyl (C=O) groups excluding carboxylic acids is 1. The van der Waals surface area contributed by atoms with Crippen LogP contribution in [-0.4, -0.2) is 27.3 Å². The first-order valence-corrected chi connectivity index (χ1v) is 6.70. The van der Waals surface area contributed by atoms with Crippen molar-refractivity contribution in [1.82, 2.24) is 25.4 Å². The summed E-state index contributed by atoms with van der Waals surface area (Å²) in [6, 6.07) is -0.321. The van der Waals surface area contributed by atoms with Crippen LogP contribution in [0.25, 0.3) is 0 Å². The molecule has 1 aliphatic rings. The van der Waals surface area contributed by atoms with E-state index in [9.17, 15) is 4.79 Å². The van der Waals surface area contributed by atoms with Crippen molar-refractivity contribution >= 4 is 6.03 Å². The summed E-state index contributed by atoms with van der Waals surface area (Å²) in [5.41, 5.74) is 0. The maximum atomic E-state index is 11.8. The maximum Gasteiger partial charge on any atom is 0.315 e. The number of aryl methyl sites for hydroxylation is 1. The zero-order valence-corrected chi connectivity index (χ0v) is 11.5. The third kappa shape index (κ3) is 2.94. The van der Waals surface area contributed by atoms with E-state index in [1.165, 1.54) is 0 Å². The predicted octanol–water partition coefficient (Wildman–Crippen LogP) is 1.41. The van der Waals surface area contributed by atoms with Gasteiger partial charge in [-0.3, -0.25) is 0 Å². The van der Waals surface area contributed by atoms with Crippen molar-refractivity contribution in [2.24, 2.45) is 5.92 Å². The van der Waals surface area contributed by atoms with Gasteiger partial charge in [0.1, 0.15) is 5.82 Å². The SMILES string of the molecule is C=CCNC(=O)NC(c1nnc2n1CCC2)C(C)C. The largest absolute Gasteiger partial charge is 0.335 e. The number of aromatic nitrogens is 3. The van der Waals surface area contributed by atoms with Crippen LogP contribution < -0.4 is 10.6 Å². The Morgan fingerprint density at radius 1 is 1.53 bits per heavy atom. The first-order valence-electron chi connectivity index (χ1n) is 6.70. The van der Waals surface area contributed by atoms with Crippen molar-refractivity contribution < 1.29 is 4.79 Å². The van der Waals surface area contributed by atoms with Crippen LogP contribution in [0.5, 0.6) is 0 Å². The molecule has 19 heavy (non-hydrogen) atoms. The Morgan fingerprint density at radius 2 is 2.32 bits per heavy atom. The predicted molar refractivity (Wildman–Crippen MR) is 72.7 cm³/mol. The lowest BCUT2D eigenvalue weighted by atomic mass is 10.0. The second-order valence-electron chi connectivity index (χ2n) is 5.09. The Morgan fingerprint density at radius 3 is 3.00 bits per heavy atom. The van der Waals surface area contributed by atoms with Crippen LogP contribution in [0.2, 0.25) is 0 Å².